The third kappa shape index (κ3) is 2.89. The van der Waals surface area contributed by atoms with Gasteiger partial charge in [-0.25, -0.2) is 18.4 Å². The molecule has 0 N–H and O–H groups in total. The molecule has 0 saturated carbocycles. The van der Waals surface area contributed by atoms with Gasteiger partial charge < -0.3 is 0 Å². The van der Waals surface area contributed by atoms with Gasteiger partial charge in [0, 0.05) is 37.7 Å². The average molecular weight is 371 g/mol. The predicted molar refractivity (Wildman–Crippen MR) is 95.1 cm³/mol. The summed E-state index contributed by atoms with van der Waals surface area (Å²) < 4.78 is 28.4. The molecule has 1 aliphatic rings. The van der Waals surface area contributed by atoms with Crippen LogP contribution in [0.4, 0.5) is 0 Å². The second kappa shape index (κ2) is 6.58. The van der Waals surface area contributed by atoms with Crippen molar-refractivity contribution in [2.24, 2.45) is 0 Å². The minimum Gasteiger partial charge on any atom is -0.295 e. The zero-order chi connectivity index (χ0) is 18.1. The normalized spacial score (nSPS) is 16.8. The molecule has 3 aromatic heterocycles. The molecule has 0 amide bonds. The minimum atomic E-state index is -3.55. The van der Waals surface area contributed by atoms with Crippen molar-refractivity contribution >= 4 is 21.1 Å². The maximum Gasteiger partial charge on any atom is 0.263 e. The van der Waals surface area contributed by atoms with E-state index < -0.39 is 10.0 Å². The highest BCUT2D eigenvalue weighted by atomic mass is 32.2. The van der Waals surface area contributed by atoms with Gasteiger partial charge in [-0.1, -0.05) is 0 Å². The largest absolute Gasteiger partial charge is 0.295 e. The topological polar surface area (TPSA) is 98.0 Å². The highest BCUT2D eigenvalue weighted by Gasteiger charge is 2.30. The maximum atomic E-state index is 12.7. The van der Waals surface area contributed by atoms with E-state index in [1.807, 2.05) is 0 Å². The van der Waals surface area contributed by atoms with Gasteiger partial charge in [0.1, 0.15) is 11.2 Å². The fourth-order valence-electron chi connectivity index (χ4n) is 3.24. The zero-order valence-electron chi connectivity index (χ0n) is 13.9. The number of hydrogen-bond donors (Lipinski definition) is 0. The van der Waals surface area contributed by atoms with Crippen LogP contribution in [0.3, 0.4) is 0 Å². The molecule has 0 bridgehead atoms. The quantitative estimate of drug-likeness (QED) is 0.686. The van der Waals surface area contributed by atoms with Crippen LogP contribution in [0.25, 0.3) is 11.0 Å². The van der Waals surface area contributed by atoms with Crippen LogP contribution in [0.1, 0.15) is 18.9 Å². The summed E-state index contributed by atoms with van der Waals surface area (Å²) in [5.74, 6) is 0. The number of aromatic nitrogens is 4. The number of piperidine rings is 1. The van der Waals surface area contributed by atoms with E-state index in [1.54, 1.807) is 41.2 Å². The third-order valence-electron chi connectivity index (χ3n) is 4.65. The number of fused-ring (bicyclic) bond motifs is 1. The zero-order valence-corrected chi connectivity index (χ0v) is 14.7. The van der Waals surface area contributed by atoms with Crippen molar-refractivity contribution in [1.82, 2.24) is 23.8 Å². The lowest BCUT2D eigenvalue weighted by molar-refractivity contribution is 0.269. The Morgan fingerprint density at radius 3 is 2.54 bits per heavy atom. The molecule has 4 heterocycles. The van der Waals surface area contributed by atoms with Crippen molar-refractivity contribution in [3.05, 3.63) is 59.5 Å². The van der Waals surface area contributed by atoms with E-state index in [0.717, 1.165) is 0 Å². The van der Waals surface area contributed by atoms with E-state index in [4.69, 9.17) is 0 Å². The van der Waals surface area contributed by atoms with E-state index in [2.05, 4.69) is 15.0 Å². The molecule has 1 fully saturated rings. The Labute approximate surface area is 150 Å². The standard InChI is InChI=1S/C17H17N5O3S/c23-17-15-4-2-8-19-16(15)20-12-22(17)13-5-9-21(10-6-13)26(24,25)14-3-1-7-18-11-14/h1-4,7-8,11-13H,5-6,9-10H2. The van der Waals surface area contributed by atoms with Crippen molar-refractivity contribution in [3.8, 4) is 0 Å². The highest BCUT2D eigenvalue weighted by molar-refractivity contribution is 7.89. The fourth-order valence-corrected chi connectivity index (χ4v) is 4.68. The van der Waals surface area contributed by atoms with Crippen molar-refractivity contribution < 1.29 is 8.42 Å². The third-order valence-corrected chi connectivity index (χ3v) is 6.53. The van der Waals surface area contributed by atoms with Crippen molar-refractivity contribution in [1.29, 1.82) is 0 Å². The molecule has 4 rings (SSSR count). The second-order valence-corrected chi connectivity index (χ2v) is 8.09. The van der Waals surface area contributed by atoms with Crippen molar-refractivity contribution in [2.75, 3.05) is 13.1 Å². The van der Waals surface area contributed by atoms with Gasteiger partial charge in [0.25, 0.3) is 5.56 Å². The molecular weight excluding hydrogens is 354 g/mol. The van der Waals surface area contributed by atoms with Gasteiger partial charge in [0.2, 0.25) is 10.0 Å². The fraction of sp³-hybridized carbons (Fsp3) is 0.294. The van der Waals surface area contributed by atoms with Crippen LogP contribution in [0.5, 0.6) is 0 Å². The molecular formula is C17H17N5O3S. The first-order valence-corrected chi connectivity index (χ1v) is 9.73. The summed E-state index contributed by atoms with van der Waals surface area (Å²) in [4.78, 5) is 25.1. The van der Waals surface area contributed by atoms with Crippen molar-refractivity contribution in [2.45, 2.75) is 23.8 Å². The molecule has 1 saturated heterocycles. The number of pyridine rings is 2. The Morgan fingerprint density at radius 2 is 1.81 bits per heavy atom. The van der Waals surface area contributed by atoms with Crippen LogP contribution in [0.2, 0.25) is 0 Å². The van der Waals surface area contributed by atoms with Gasteiger partial charge in [0.05, 0.1) is 5.39 Å². The number of hydrogen-bond acceptors (Lipinski definition) is 6. The predicted octanol–water partition coefficient (Wildman–Crippen LogP) is 1.21. The van der Waals surface area contributed by atoms with E-state index in [1.165, 1.54) is 16.8 Å². The Kier molecular flexibility index (Phi) is 4.25. The molecule has 134 valence electrons. The van der Waals surface area contributed by atoms with E-state index in [-0.39, 0.29) is 16.5 Å². The van der Waals surface area contributed by atoms with E-state index in [0.29, 0.717) is 37.0 Å². The Balaban J connectivity index is 1.56. The molecule has 1 aliphatic heterocycles. The maximum absolute atomic E-state index is 12.7. The molecule has 3 aromatic rings. The van der Waals surface area contributed by atoms with E-state index >= 15 is 0 Å². The molecule has 0 unspecified atom stereocenters. The van der Waals surface area contributed by atoms with Crippen molar-refractivity contribution in [3.63, 3.8) is 0 Å². The molecule has 8 nitrogen and oxygen atoms in total. The van der Waals surface area contributed by atoms with Gasteiger partial charge in [-0.05, 0) is 37.1 Å². The summed E-state index contributed by atoms with van der Waals surface area (Å²) in [5, 5.41) is 0.473. The lowest BCUT2D eigenvalue weighted by Gasteiger charge is -2.31. The van der Waals surface area contributed by atoms with Crippen LogP contribution >= 0.6 is 0 Å². The highest BCUT2D eigenvalue weighted by Crippen LogP contribution is 2.25. The summed E-state index contributed by atoms with van der Waals surface area (Å²) in [6, 6.07) is 6.47. The van der Waals surface area contributed by atoms with Gasteiger partial charge in [0.15, 0.2) is 5.65 Å². The summed E-state index contributed by atoms with van der Waals surface area (Å²) >= 11 is 0. The van der Waals surface area contributed by atoms with Gasteiger partial charge in [-0.15, -0.1) is 0 Å². The Morgan fingerprint density at radius 1 is 1.04 bits per heavy atom. The van der Waals surface area contributed by atoms with Crippen LogP contribution in [-0.4, -0.2) is 45.3 Å². The monoisotopic (exact) mass is 371 g/mol. The smallest absolute Gasteiger partial charge is 0.263 e. The van der Waals surface area contributed by atoms with Gasteiger partial charge >= 0.3 is 0 Å². The van der Waals surface area contributed by atoms with Gasteiger partial charge in [-0.3, -0.25) is 14.3 Å². The van der Waals surface area contributed by atoms with Gasteiger partial charge in [-0.2, -0.15) is 4.31 Å². The van der Waals surface area contributed by atoms with Crippen LogP contribution in [-0.2, 0) is 10.0 Å². The molecule has 0 atom stereocenters. The SMILES string of the molecule is O=c1c2cccnc2ncn1C1CCN(S(=O)(=O)c2cccnc2)CC1. The number of sulfonamides is 1. The first kappa shape index (κ1) is 16.8. The Bertz CT molecular complexity index is 1090. The van der Waals surface area contributed by atoms with Crippen LogP contribution < -0.4 is 5.56 Å². The average Bonchev–Trinajstić information content (AvgIpc) is 2.69. The van der Waals surface area contributed by atoms with Crippen LogP contribution in [0, 0.1) is 0 Å². The summed E-state index contributed by atoms with van der Waals surface area (Å²) in [6.45, 7) is 0.693. The lowest BCUT2D eigenvalue weighted by atomic mass is 10.1. The molecule has 0 aliphatic carbocycles. The number of nitrogens with zero attached hydrogens (tertiary/aromatic N) is 5. The molecule has 9 heteroatoms. The summed E-state index contributed by atoms with van der Waals surface area (Å²) in [6.07, 6.45) is 7.10. The molecule has 0 aromatic carbocycles. The molecule has 0 radical (unpaired) electrons. The Hall–Kier alpha value is -2.65. The lowest BCUT2D eigenvalue weighted by Crippen LogP contribution is -2.40. The first-order chi connectivity index (χ1) is 12.6. The molecule has 26 heavy (non-hydrogen) atoms. The van der Waals surface area contributed by atoms with Crippen LogP contribution in [0.15, 0.2) is 58.9 Å². The summed E-state index contributed by atoms with van der Waals surface area (Å²) in [5.41, 5.74) is 0.280. The molecule has 0 spiro atoms. The minimum absolute atomic E-state index is 0.0834. The second-order valence-electron chi connectivity index (χ2n) is 6.16. The number of rotatable bonds is 3. The van der Waals surface area contributed by atoms with E-state index in [9.17, 15) is 13.2 Å². The summed E-state index contributed by atoms with van der Waals surface area (Å²) in [7, 11) is -3.55. The first-order valence-electron chi connectivity index (χ1n) is 8.29.